The molecule has 0 heterocycles. The summed E-state index contributed by atoms with van der Waals surface area (Å²) in [5.74, 6) is -0.962. The molecule has 0 saturated carbocycles. The molecule has 4 nitrogen and oxygen atoms in total. The molecule has 0 aliphatic heterocycles. The van der Waals surface area contributed by atoms with Gasteiger partial charge in [0.1, 0.15) is 5.41 Å². The third kappa shape index (κ3) is 3.59. The van der Waals surface area contributed by atoms with E-state index in [0.717, 1.165) is 0 Å². The summed E-state index contributed by atoms with van der Waals surface area (Å²) in [7, 11) is 0. The number of carbonyl (C=O) groups excluding carboxylic acids is 1. The van der Waals surface area contributed by atoms with Crippen molar-refractivity contribution >= 4 is 11.9 Å². The molecule has 0 spiro atoms. The Hall–Kier alpha value is -1.84. The molecule has 0 aliphatic rings. The summed E-state index contributed by atoms with van der Waals surface area (Å²) < 4.78 is 0. The van der Waals surface area contributed by atoms with Crippen LogP contribution in [0.4, 0.5) is 0 Å². The number of hydrogen-bond donors (Lipinski definition) is 2. The van der Waals surface area contributed by atoms with E-state index in [2.05, 4.69) is 5.32 Å². The average Bonchev–Trinajstić information content (AvgIpc) is 2.44. The fourth-order valence-corrected chi connectivity index (χ4v) is 1.83. The number of carboxylic acid groups (broad SMARTS) is 1. The topological polar surface area (TPSA) is 66.4 Å². The van der Waals surface area contributed by atoms with Crippen molar-refractivity contribution in [3.63, 3.8) is 0 Å². The Morgan fingerprint density at radius 1 is 1.20 bits per heavy atom. The van der Waals surface area contributed by atoms with Gasteiger partial charge in [-0.1, -0.05) is 51.1 Å². The van der Waals surface area contributed by atoms with Gasteiger partial charge < -0.3 is 10.4 Å². The number of hydrogen-bond acceptors (Lipinski definition) is 2. The molecule has 1 aromatic carbocycles. The Morgan fingerprint density at radius 3 is 2.20 bits per heavy atom. The molecule has 110 valence electrons. The van der Waals surface area contributed by atoms with Gasteiger partial charge in [-0.25, -0.2) is 0 Å². The molecule has 0 radical (unpaired) electrons. The van der Waals surface area contributed by atoms with Gasteiger partial charge in [0.15, 0.2) is 0 Å². The molecule has 0 aliphatic carbocycles. The quantitative estimate of drug-likeness (QED) is 0.839. The molecule has 2 N–H and O–H groups in total. The molecule has 0 bridgehead atoms. The van der Waals surface area contributed by atoms with Gasteiger partial charge in [0, 0.05) is 12.5 Å². The number of benzene rings is 1. The lowest BCUT2D eigenvalue weighted by molar-refractivity contribution is -0.143. The van der Waals surface area contributed by atoms with Crippen molar-refractivity contribution in [1.82, 2.24) is 5.32 Å². The highest BCUT2D eigenvalue weighted by Crippen LogP contribution is 2.23. The molecule has 2 atom stereocenters. The van der Waals surface area contributed by atoms with Crippen LogP contribution in [0.25, 0.3) is 0 Å². The van der Waals surface area contributed by atoms with E-state index in [-0.39, 0.29) is 24.3 Å². The maximum atomic E-state index is 12.0. The van der Waals surface area contributed by atoms with Crippen LogP contribution in [0.3, 0.4) is 0 Å². The summed E-state index contributed by atoms with van der Waals surface area (Å²) in [5, 5.41) is 12.3. The van der Waals surface area contributed by atoms with Crippen LogP contribution >= 0.6 is 0 Å². The fraction of sp³-hybridized carbons (Fsp3) is 0.500. The summed E-state index contributed by atoms with van der Waals surface area (Å²) in [5.41, 5.74) is -0.432. The maximum Gasteiger partial charge on any atom is 0.315 e. The zero-order valence-corrected chi connectivity index (χ0v) is 12.5. The van der Waals surface area contributed by atoms with Crippen molar-refractivity contribution in [2.75, 3.05) is 6.54 Å². The van der Waals surface area contributed by atoms with E-state index in [1.807, 2.05) is 26.8 Å². The number of carboxylic acids is 1. The van der Waals surface area contributed by atoms with Gasteiger partial charge in [0.2, 0.25) is 5.91 Å². The van der Waals surface area contributed by atoms with E-state index < -0.39 is 11.4 Å². The number of carbonyl (C=O) groups is 2. The zero-order chi connectivity index (χ0) is 15.3. The second-order valence-electron chi connectivity index (χ2n) is 5.75. The Labute approximate surface area is 120 Å². The summed E-state index contributed by atoms with van der Waals surface area (Å²) in [4.78, 5) is 23.6. The van der Waals surface area contributed by atoms with Crippen molar-refractivity contribution in [3.05, 3.63) is 35.9 Å². The Balaban J connectivity index is 2.85. The van der Waals surface area contributed by atoms with Crippen LogP contribution in [-0.4, -0.2) is 23.5 Å². The van der Waals surface area contributed by atoms with Gasteiger partial charge in [0.25, 0.3) is 0 Å². The lowest BCUT2D eigenvalue weighted by Gasteiger charge is -2.27. The Morgan fingerprint density at radius 2 is 1.75 bits per heavy atom. The van der Waals surface area contributed by atoms with Crippen LogP contribution in [0.15, 0.2) is 30.3 Å². The van der Waals surface area contributed by atoms with Gasteiger partial charge in [-0.3, -0.25) is 9.59 Å². The van der Waals surface area contributed by atoms with E-state index >= 15 is 0 Å². The summed E-state index contributed by atoms with van der Waals surface area (Å²) in [6.07, 6.45) is 0. The maximum absolute atomic E-state index is 12.0. The van der Waals surface area contributed by atoms with Gasteiger partial charge in [-0.2, -0.15) is 0 Å². The summed E-state index contributed by atoms with van der Waals surface area (Å²) in [6.45, 7) is 7.50. The van der Waals surface area contributed by atoms with E-state index in [1.54, 1.807) is 31.2 Å². The SMILES string of the molecule is CC(C)C(C)C(=O)NCC(C)(C(=O)O)c1ccccc1. The summed E-state index contributed by atoms with van der Waals surface area (Å²) in [6, 6.07) is 8.98. The van der Waals surface area contributed by atoms with E-state index in [1.165, 1.54) is 0 Å². The smallest absolute Gasteiger partial charge is 0.315 e. The first-order valence-electron chi connectivity index (χ1n) is 6.85. The molecule has 1 rings (SSSR count). The fourth-order valence-electron chi connectivity index (χ4n) is 1.83. The van der Waals surface area contributed by atoms with Crippen molar-refractivity contribution in [3.8, 4) is 0 Å². The third-order valence-electron chi connectivity index (χ3n) is 3.91. The molecule has 4 heteroatoms. The van der Waals surface area contributed by atoms with Gasteiger partial charge >= 0.3 is 5.97 Å². The molecule has 1 amide bonds. The van der Waals surface area contributed by atoms with Gasteiger partial charge in [-0.15, -0.1) is 0 Å². The first-order valence-corrected chi connectivity index (χ1v) is 6.85. The normalized spacial score (nSPS) is 15.4. The molecular formula is C16H23NO3. The first-order chi connectivity index (χ1) is 9.29. The van der Waals surface area contributed by atoms with Crippen molar-refractivity contribution in [1.29, 1.82) is 0 Å². The third-order valence-corrected chi connectivity index (χ3v) is 3.91. The minimum Gasteiger partial charge on any atom is -0.481 e. The minimum atomic E-state index is -1.12. The molecule has 0 aromatic heterocycles. The van der Waals surface area contributed by atoms with Crippen LogP contribution < -0.4 is 5.32 Å². The number of nitrogens with one attached hydrogen (secondary N) is 1. The monoisotopic (exact) mass is 277 g/mol. The van der Waals surface area contributed by atoms with Crippen molar-refractivity contribution in [2.24, 2.45) is 11.8 Å². The standard InChI is InChI=1S/C16H23NO3/c1-11(2)12(3)14(18)17-10-16(4,15(19)20)13-8-6-5-7-9-13/h5-9,11-12H,10H2,1-4H3,(H,17,18)(H,19,20). The number of rotatable bonds is 6. The minimum absolute atomic E-state index is 0.0856. The zero-order valence-electron chi connectivity index (χ0n) is 12.5. The molecule has 2 unspecified atom stereocenters. The highest BCUT2D eigenvalue weighted by molar-refractivity contribution is 5.83. The lowest BCUT2D eigenvalue weighted by atomic mass is 9.82. The number of amides is 1. The van der Waals surface area contributed by atoms with Gasteiger partial charge in [-0.05, 0) is 18.4 Å². The van der Waals surface area contributed by atoms with Crippen molar-refractivity contribution in [2.45, 2.75) is 33.1 Å². The van der Waals surface area contributed by atoms with E-state index in [4.69, 9.17) is 0 Å². The molecule has 1 aromatic rings. The molecule has 0 fully saturated rings. The first kappa shape index (κ1) is 16.2. The molecule has 0 saturated heterocycles. The molecular weight excluding hydrogens is 254 g/mol. The van der Waals surface area contributed by atoms with Crippen LogP contribution in [0, 0.1) is 11.8 Å². The van der Waals surface area contributed by atoms with Crippen molar-refractivity contribution < 1.29 is 14.7 Å². The van der Waals surface area contributed by atoms with Crippen LogP contribution in [0.2, 0.25) is 0 Å². The highest BCUT2D eigenvalue weighted by Gasteiger charge is 2.36. The second-order valence-corrected chi connectivity index (χ2v) is 5.75. The summed E-state index contributed by atoms with van der Waals surface area (Å²) >= 11 is 0. The van der Waals surface area contributed by atoms with Crippen LogP contribution in [-0.2, 0) is 15.0 Å². The molecule has 20 heavy (non-hydrogen) atoms. The predicted molar refractivity (Wildman–Crippen MR) is 78.4 cm³/mol. The second kappa shape index (κ2) is 6.55. The largest absolute Gasteiger partial charge is 0.481 e. The van der Waals surface area contributed by atoms with Crippen LogP contribution in [0.5, 0.6) is 0 Å². The lowest BCUT2D eigenvalue weighted by Crippen LogP contribution is -2.46. The van der Waals surface area contributed by atoms with Crippen LogP contribution in [0.1, 0.15) is 33.3 Å². The van der Waals surface area contributed by atoms with E-state index in [9.17, 15) is 14.7 Å². The van der Waals surface area contributed by atoms with E-state index in [0.29, 0.717) is 5.56 Å². The average molecular weight is 277 g/mol. The highest BCUT2D eigenvalue weighted by atomic mass is 16.4. The Kier molecular flexibility index (Phi) is 5.31. The Bertz CT molecular complexity index is 470. The number of aliphatic carboxylic acids is 1. The van der Waals surface area contributed by atoms with Gasteiger partial charge in [0.05, 0.1) is 0 Å². The predicted octanol–water partition coefficient (Wildman–Crippen LogP) is 2.44.